The highest BCUT2D eigenvalue weighted by Gasteiger charge is 2.25. The molecule has 9 heteroatoms. The number of carboxylic acids is 1. The zero-order valence-electron chi connectivity index (χ0n) is 14.7. The molecule has 0 radical (unpaired) electrons. The smallest absolute Gasteiger partial charge is 0.451 e. The molecule has 140 valence electrons. The van der Waals surface area contributed by atoms with Crippen molar-refractivity contribution >= 4 is 19.0 Å². The number of carbonyl (C=O) groups is 2. The maximum absolute atomic E-state index is 12.5. The number of amides is 1. The van der Waals surface area contributed by atoms with Crippen LogP contribution in [0.1, 0.15) is 39.5 Å². The molecule has 0 aliphatic heterocycles. The van der Waals surface area contributed by atoms with Gasteiger partial charge in [-0.1, -0.05) is 20.3 Å². The maximum atomic E-state index is 12.5. The van der Waals surface area contributed by atoms with Crippen LogP contribution in [-0.4, -0.2) is 64.7 Å². The highest BCUT2D eigenvalue weighted by molar-refractivity contribution is 6.40. The molecule has 0 saturated carbocycles. The van der Waals surface area contributed by atoms with Gasteiger partial charge in [-0.05, 0) is 31.0 Å². The number of rotatable bonds is 13. The van der Waals surface area contributed by atoms with Gasteiger partial charge in [-0.3, -0.25) is 9.59 Å². The second kappa shape index (κ2) is 12.2. The molecule has 0 aliphatic carbocycles. The van der Waals surface area contributed by atoms with Crippen molar-refractivity contribution < 1.29 is 24.7 Å². The molecule has 0 saturated heterocycles. The van der Waals surface area contributed by atoms with Crippen molar-refractivity contribution in [2.24, 2.45) is 23.3 Å². The first-order valence-corrected chi connectivity index (χ1v) is 8.49. The average molecular weight is 345 g/mol. The average Bonchev–Trinajstić information content (AvgIpc) is 2.44. The van der Waals surface area contributed by atoms with E-state index in [1.165, 1.54) is 4.90 Å². The Morgan fingerprint density at radius 1 is 1.25 bits per heavy atom. The lowest BCUT2D eigenvalue weighted by Crippen LogP contribution is -2.48. The van der Waals surface area contributed by atoms with Crippen LogP contribution < -0.4 is 11.5 Å². The van der Waals surface area contributed by atoms with E-state index < -0.39 is 19.1 Å². The predicted molar refractivity (Wildman–Crippen MR) is 93.0 cm³/mol. The highest BCUT2D eigenvalue weighted by Crippen LogP contribution is 2.17. The van der Waals surface area contributed by atoms with Crippen LogP contribution in [0.5, 0.6) is 0 Å². The van der Waals surface area contributed by atoms with E-state index in [-0.39, 0.29) is 43.6 Å². The summed E-state index contributed by atoms with van der Waals surface area (Å²) in [4.78, 5) is 25.1. The molecule has 0 bridgehead atoms. The van der Waals surface area contributed by atoms with Crippen LogP contribution in [0.2, 0.25) is 6.32 Å². The minimum absolute atomic E-state index is 0.0880. The maximum Gasteiger partial charge on any atom is 0.451 e. The van der Waals surface area contributed by atoms with Crippen molar-refractivity contribution in [3.8, 4) is 0 Å². The van der Waals surface area contributed by atoms with E-state index in [2.05, 4.69) is 0 Å². The van der Waals surface area contributed by atoms with E-state index in [9.17, 15) is 9.59 Å². The number of carbonyl (C=O) groups excluding carboxylic acids is 1. The summed E-state index contributed by atoms with van der Waals surface area (Å²) in [5.74, 6) is -1.16. The minimum atomic E-state index is -1.41. The van der Waals surface area contributed by atoms with Gasteiger partial charge in [0.25, 0.3) is 0 Å². The molecule has 0 fully saturated rings. The molecule has 0 spiro atoms. The lowest BCUT2D eigenvalue weighted by molar-refractivity contribution is -0.140. The van der Waals surface area contributed by atoms with Crippen molar-refractivity contribution in [2.45, 2.75) is 51.9 Å². The number of hydrogen-bond acceptors (Lipinski definition) is 6. The number of hydrogen-bond donors (Lipinski definition) is 5. The van der Waals surface area contributed by atoms with Crippen molar-refractivity contribution in [3.05, 3.63) is 0 Å². The molecule has 0 heterocycles. The van der Waals surface area contributed by atoms with Crippen LogP contribution in [0.3, 0.4) is 0 Å². The van der Waals surface area contributed by atoms with Crippen molar-refractivity contribution in [3.63, 3.8) is 0 Å². The van der Waals surface area contributed by atoms with Crippen LogP contribution in [-0.2, 0) is 9.59 Å². The molecule has 1 unspecified atom stereocenters. The van der Waals surface area contributed by atoms with Gasteiger partial charge in [0.1, 0.15) is 0 Å². The summed E-state index contributed by atoms with van der Waals surface area (Å²) in [6, 6.07) is -0.624. The second-order valence-electron chi connectivity index (χ2n) is 6.68. The second-order valence-corrected chi connectivity index (χ2v) is 6.68. The molecular weight excluding hydrogens is 313 g/mol. The standard InChI is InChI=1S/C15H32BN3O5/c1-11(2)8-13(18)15(22)19(7-6-17)10-12(9-14(20)21)4-3-5-16(23)24/h11-13,23-24H,3-10,17-18H2,1-2H3,(H,20,21)/t12?,13-/m0/s1. The summed E-state index contributed by atoms with van der Waals surface area (Å²) in [6.45, 7) is 4.82. The van der Waals surface area contributed by atoms with Gasteiger partial charge in [-0.25, -0.2) is 0 Å². The van der Waals surface area contributed by atoms with E-state index >= 15 is 0 Å². The molecule has 0 aromatic heterocycles. The Balaban J connectivity index is 4.83. The summed E-state index contributed by atoms with van der Waals surface area (Å²) >= 11 is 0. The van der Waals surface area contributed by atoms with E-state index in [0.29, 0.717) is 25.8 Å². The van der Waals surface area contributed by atoms with E-state index in [1.54, 1.807) is 0 Å². The fourth-order valence-corrected chi connectivity index (χ4v) is 2.70. The summed E-state index contributed by atoms with van der Waals surface area (Å²) in [5, 5.41) is 26.8. The van der Waals surface area contributed by atoms with Gasteiger partial charge in [-0.2, -0.15) is 0 Å². The van der Waals surface area contributed by atoms with Crippen LogP contribution in [0.4, 0.5) is 0 Å². The highest BCUT2D eigenvalue weighted by atomic mass is 16.4. The summed E-state index contributed by atoms with van der Waals surface area (Å²) in [7, 11) is -1.41. The van der Waals surface area contributed by atoms with E-state index in [0.717, 1.165) is 0 Å². The van der Waals surface area contributed by atoms with Gasteiger partial charge in [0.05, 0.1) is 6.04 Å². The first kappa shape index (κ1) is 22.8. The Labute approximate surface area is 144 Å². The zero-order chi connectivity index (χ0) is 18.7. The molecule has 8 nitrogen and oxygen atoms in total. The number of aliphatic carboxylic acids is 1. The van der Waals surface area contributed by atoms with Crippen LogP contribution >= 0.6 is 0 Å². The third-order valence-electron chi connectivity index (χ3n) is 3.77. The topological polar surface area (TPSA) is 150 Å². The van der Waals surface area contributed by atoms with Gasteiger partial charge in [0, 0.05) is 26.1 Å². The van der Waals surface area contributed by atoms with Gasteiger partial charge in [-0.15, -0.1) is 0 Å². The fourth-order valence-electron chi connectivity index (χ4n) is 2.70. The van der Waals surface area contributed by atoms with Gasteiger partial charge in [0.15, 0.2) is 0 Å². The third kappa shape index (κ3) is 10.6. The van der Waals surface area contributed by atoms with Gasteiger partial charge in [0.2, 0.25) is 5.91 Å². The first-order valence-electron chi connectivity index (χ1n) is 8.49. The predicted octanol–water partition coefficient (Wildman–Crippen LogP) is -0.509. The summed E-state index contributed by atoms with van der Waals surface area (Å²) in [5.41, 5.74) is 11.5. The first-order chi connectivity index (χ1) is 11.2. The molecule has 2 atom stereocenters. The minimum Gasteiger partial charge on any atom is -0.481 e. The third-order valence-corrected chi connectivity index (χ3v) is 3.77. The van der Waals surface area contributed by atoms with Crippen molar-refractivity contribution in [2.75, 3.05) is 19.6 Å². The molecule has 0 aromatic carbocycles. The lowest BCUT2D eigenvalue weighted by Gasteiger charge is -2.29. The molecule has 7 N–H and O–H groups in total. The molecule has 24 heavy (non-hydrogen) atoms. The van der Waals surface area contributed by atoms with E-state index in [4.69, 9.17) is 26.6 Å². The van der Waals surface area contributed by atoms with Crippen LogP contribution in [0.25, 0.3) is 0 Å². The van der Waals surface area contributed by atoms with Crippen LogP contribution in [0.15, 0.2) is 0 Å². The molecule has 0 aliphatic rings. The Morgan fingerprint density at radius 3 is 2.33 bits per heavy atom. The largest absolute Gasteiger partial charge is 0.481 e. The SMILES string of the molecule is CC(C)C[C@H](N)C(=O)N(CCN)CC(CCCB(O)O)CC(=O)O. The Hall–Kier alpha value is -1.16. The van der Waals surface area contributed by atoms with E-state index in [1.807, 2.05) is 13.8 Å². The fraction of sp³-hybridized carbons (Fsp3) is 0.867. The quantitative estimate of drug-likeness (QED) is 0.282. The van der Waals surface area contributed by atoms with Crippen molar-refractivity contribution in [1.82, 2.24) is 4.90 Å². The molecular formula is C15H32BN3O5. The molecule has 0 rings (SSSR count). The number of nitrogens with zero attached hydrogens (tertiary/aromatic N) is 1. The zero-order valence-corrected chi connectivity index (χ0v) is 14.7. The van der Waals surface area contributed by atoms with Crippen molar-refractivity contribution in [1.29, 1.82) is 0 Å². The molecule has 0 aromatic rings. The Bertz CT molecular complexity index is 382. The molecule has 1 amide bonds. The van der Waals surface area contributed by atoms with Gasteiger partial charge < -0.3 is 31.5 Å². The van der Waals surface area contributed by atoms with Gasteiger partial charge >= 0.3 is 13.1 Å². The Kier molecular flexibility index (Phi) is 11.7. The number of carboxylic acid groups (broad SMARTS) is 1. The monoisotopic (exact) mass is 345 g/mol. The normalized spacial score (nSPS) is 13.6. The lowest BCUT2D eigenvalue weighted by atomic mass is 9.81. The Morgan fingerprint density at radius 2 is 1.88 bits per heavy atom. The van der Waals surface area contributed by atoms with Crippen LogP contribution in [0, 0.1) is 11.8 Å². The summed E-state index contributed by atoms with van der Waals surface area (Å²) in [6.07, 6.45) is 1.60. The number of nitrogens with two attached hydrogens (primary N) is 2. The summed E-state index contributed by atoms with van der Waals surface area (Å²) < 4.78 is 0.